The molecule has 1 unspecified atom stereocenters. The quantitative estimate of drug-likeness (QED) is 0.0205. The van der Waals surface area contributed by atoms with Gasteiger partial charge in [0.05, 0.1) is 38.2 Å². The summed E-state index contributed by atoms with van der Waals surface area (Å²) in [4.78, 5) is 85.5. The van der Waals surface area contributed by atoms with Gasteiger partial charge in [-0.3, -0.25) is 9.59 Å². The zero-order valence-electron chi connectivity index (χ0n) is 39.3. The number of para-hydroxylation sites is 1. The van der Waals surface area contributed by atoms with Crippen LogP contribution >= 0.6 is 23.1 Å². The number of aromatic nitrogens is 2. The van der Waals surface area contributed by atoms with Crippen molar-refractivity contribution < 1.29 is 74.0 Å². The van der Waals surface area contributed by atoms with Crippen LogP contribution in [0.25, 0.3) is 44.4 Å². The number of Topliss-reactive ketones (excluding diaryl/α,β-unsaturated/α-hetero) is 1. The van der Waals surface area contributed by atoms with E-state index >= 15 is 0 Å². The molecule has 2 aromatic heterocycles. The number of carboxylic acid groups (broad SMARTS) is 6. The van der Waals surface area contributed by atoms with Gasteiger partial charge in [0.1, 0.15) is 11.3 Å². The Morgan fingerprint density at radius 3 is 1.86 bits per heavy atom. The number of hydrogen-bond acceptors (Lipinski definition) is 13. The number of carbonyl (C=O) groups excluding carboxylic acids is 1. The van der Waals surface area contributed by atoms with Gasteiger partial charge in [-0.15, -0.1) is 11.3 Å². The second-order valence-corrected chi connectivity index (χ2v) is 17.8. The lowest BCUT2D eigenvalue weighted by molar-refractivity contribution is -0.144. The maximum atomic E-state index is 11.8. The Kier molecular flexibility index (Phi) is 20.2. The van der Waals surface area contributed by atoms with Crippen LogP contribution in [0.3, 0.4) is 0 Å². The Hall–Kier alpha value is -9.20. The zero-order chi connectivity index (χ0) is 53.9. The molecule has 19 heteroatoms. The first-order valence-electron chi connectivity index (χ1n) is 22.1. The summed E-state index contributed by atoms with van der Waals surface area (Å²) in [6.07, 6.45) is 3.27. The third kappa shape index (κ3) is 15.6. The predicted octanol–water partition coefficient (Wildman–Crippen LogP) is 11.3. The zero-order valence-corrected chi connectivity index (χ0v) is 41.0. The van der Waals surface area contributed by atoms with Gasteiger partial charge in [-0.2, -0.15) is 0 Å². The normalized spacial score (nSPS) is 10.9. The van der Waals surface area contributed by atoms with Gasteiger partial charge in [0, 0.05) is 17.7 Å². The van der Waals surface area contributed by atoms with Crippen molar-refractivity contribution in [1.82, 2.24) is 9.97 Å². The van der Waals surface area contributed by atoms with E-state index in [0.717, 1.165) is 38.0 Å². The average molecular weight is 1040 g/mol. The summed E-state index contributed by atoms with van der Waals surface area (Å²) in [6, 6.07) is 41.9. The van der Waals surface area contributed by atoms with Crippen LogP contribution in [0.2, 0.25) is 0 Å². The highest BCUT2D eigenvalue weighted by atomic mass is 32.2. The summed E-state index contributed by atoms with van der Waals surface area (Å²) in [7, 11) is 0. The van der Waals surface area contributed by atoms with Crippen LogP contribution in [0, 0.1) is 0 Å². The molecule has 2 heterocycles. The van der Waals surface area contributed by atoms with Crippen molar-refractivity contribution in [2.45, 2.75) is 37.1 Å². The van der Waals surface area contributed by atoms with Crippen molar-refractivity contribution in [3.63, 3.8) is 0 Å². The molecule has 378 valence electrons. The summed E-state index contributed by atoms with van der Waals surface area (Å²) < 4.78 is 7.56. The monoisotopic (exact) mass is 1040 g/mol. The minimum atomic E-state index is -1.44. The van der Waals surface area contributed by atoms with Crippen LogP contribution in [0.4, 0.5) is 0 Å². The van der Waals surface area contributed by atoms with E-state index in [9.17, 15) is 43.8 Å². The Morgan fingerprint density at radius 1 is 0.635 bits per heavy atom. The van der Waals surface area contributed by atoms with Gasteiger partial charge >= 0.3 is 35.8 Å². The van der Waals surface area contributed by atoms with E-state index in [0.29, 0.717) is 28.9 Å². The SMILES string of the molecule is CC(=O)c1c(OC(C)C(=O)O)ccc2ccccc12.O=C(O)CCCSc1nc2ccccc2s1.O=C(O)c1cc(C(=O)O)c(-c2ccccc2)nc1O.O=C(O)c1cccc(C=Cc2ccccc2)c1C(=O)O. The number of carboxylic acids is 6. The fourth-order valence-electron chi connectivity index (χ4n) is 6.77. The van der Waals surface area contributed by atoms with Gasteiger partial charge < -0.3 is 40.5 Å². The van der Waals surface area contributed by atoms with Crippen molar-refractivity contribution in [2.75, 3.05) is 5.75 Å². The van der Waals surface area contributed by atoms with Crippen molar-refractivity contribution in [3.05, 3.63) is 185 Å². The maximum Gasteiger partial charge on any atom is 0.344 e. The Morgan fingerprint density at radius 2 is 1.26 bits per heavy atom. The van der Waals surface area contributed by atoms with Crippen LogP contribution in [-0.4, -0.2) is 99.2 Å². The Labute approximate surface area is 430 Å². The molecule has 0 aliphatic heterocycles. The summed E-state index contributed by atoms with van der Waals surface area (Å²) >= 11 is 3.29. The van der Waals surface area contributed by atoms with Gasteiger partial charge in [-0.1, -0.05) is 139 Å². The molecule has 6 aromatic carbocycles. The number of hydrogen-bond donors (Lipinski definition) is 7. The number of aliphatic carboxylic acids is 2. The number of ether oxygens (including phenoxy) is 1. The molecule has 0 amide bonds. The fraction of sp³-hybridized carbons (Fsp3) is 0.109. The van der Waals surface area contributed by atoms with Gasteiger partial charge in [0.2, 0.25) is 5.88 Å². The molecular weight excluding hydrogens is 993 g/mol. The molecule has 0 fully saturated rings. The summed E-state index contributed by atoms with van der Waals surface area (Å²) in [5.74, 6) is -6.80. The molecule has 1 atom stereocenters. The molecule has 74 heavy (non-hydrogen) atoms. The molecule has 0 bridgehead atoms. The number of nitrogens with zero attached hydrogens (tertiary/aromatic N) is 2. The topological polar surface area (TPSA) is 296 Å². The molecule has 0 spiro atoms. The second-order valence-electron chi connectivity index (χ2n) is 15.5. The van der Waals surface area contributed by atoms with E-state index in [1.807, 2.05) is 84.9 Å². The van der Waals surface area contributed by atoms with Crippen LogP contribution in [0.15, 0.2) is 150 Å². The van der Waals surface area contributed by atoms with E-state index < -0.39 is 53.4 Å². The van der Waals surface area contributed by atoms with Crippen LogP contribution in [0.1, 0.15) is 89.6 Å². The van der Waals surface area contributed by atoms with Crippen LogP contribution < -0.4 is 4.74 Å². The number of pyridine rings is 1. The molecule has 8 aromatic rings. The van der Waals surface area contributed by atoms with Crippen LogP contribution in [0.5, 0.6) is 11.6 Å². The highest BCUT2D eigenvalue weighted by Crippen LogP contribution is 2.31. The lowest BCUT2D eigenvalue weighted by Crippen LogP contribution is -2.23. The lowest BCUT2D eigenvalue weighted by atomic mass is 10.00. The van der Waals surface area contributed by atoms with E-state index in [2.05, 4.69) is 9.97 Å². The third-order valence-electron chi connectivity index (χ3n) is 10.2. The van der Waals surface area contributed by atoms with E-state index in [1.54, 1.807) is 77.7 Å². The number of aromatic carboxylic acids is 4. The molecule has 8 rings (SSSR count). The number of rotatable bonds is 16. The highest BCUT2D eigenvalue weighted by molar-refractivity contribution is 8.01. The lowest BCUT2D eigenvalue weighted by Gasteiger charge is -2.15. The van der Waals surface area contributed by atoms with Crippen molar-refractivity contribution in [1.29, 1.82) is 0 Å². The Bertz CT molecular complexity index is 3330. The standard InChI is InChI=1S/C16H12O4.C15H14O4.C13H9NO5.C11H11NO2S2/c17-15(18)13-8-4-7-12(14(13)16(19)20)10-9-11-5-2-1-3-6-11;1-9(16)14-12-6-4-3-5-11(12)7-8-13(14)19-10(2)15(17)18;15-11-9(13(18)19)6-8(12(16)17)10(14-11)7-4-2-1-3-5-7;13-10(14)6-3-7-15-11-12-8-4-1-2-5-9(8)16-11/h1-10H,(H,17,18)(H,19,20);3-8,10H,1-2H3,(H,17,18);1-6H,(H,14,15)(H,16,17)(H,18,19);1-2,4-5H,3,6-7H2,(H,13,14). The molecule has 0 saturated carbocycles. The molecule has 17 nitrogen and oxygen atoms in total. The van der Waals surface area contributed by atoms with Gasteiger partial charge in [0.15, 0.2) is 16.2 Å². The number of carbonyl (C=O) groups is 7. The number of ketones is 1. The molecular formula is C55H46N2O15S2. The number of fused-ring (bicyclic) bond motifs is 2. The number of thiazole rings is 1. The molecule has 0 aliphatic rings. The highest BCUT2D eigenvalue weighted by Gasteiger charge is 2.22. The Balaban J connectivity index is 0.000000183. The van der Waals surface area contributed by atoms with E-state index in [-0.39, 0.29) is 34.6 Å². The summed E-state index contributed by atoms with van der Waals surface area (Å²) in [5, 5.41) is 64.8. The number of benzene rings is 6. The van der Waals surface area contributed by atoms with Crippen molar-refractivity contribution in [3.8, 4) is 22.9 Å². The summed E-state index contributed by atoms with van der Waals surface area (Å²) in [5.41, 5.74) is 1.98. The van der Waals surface area contributed by atoms with Gasteiger partial charge in [-0.05, 0) is 72.5 Å². The fourth-order valence-corrected chi connectivity index (χ4v) is 8.84. The third-order valence-corrected chi connectivity index (χ3v) is 12.5. The largest absolute Gasteiger partial charge is 0.493 e. The first-order valence-corrected chi connectivity index (χ1v) is 23.9. The minimum Gasteiger partial charge on any atom is -0.493 e. The molecule has 0 aliphatic carbocycles. The average Bonchev–Trinajstić information content (AvgIpc) is 3.80. The van der Waals surface area contributed by atoms with Crippen molar-refractivity contribution >= 4 is 97.8 Å². The molecule has 0 radical (unpaired) electrons. The number of aromatic hydroxyl groups is 1. The van der Waals surface area contributed by atoms with Gasteiger partial charge in [-0.25, -0.2) is 33.9 Å². The molecule has 7 N–H and O–H groups in total. The number of thioether (sulfide) groups is 1. The van der Waals surface area contributed by atoms with Gasteiger partial charge in [0.25, 0.3) is 0 Å². The first-order chi connectivity index (χ1) is 35.4. The molecule has 0 saturated heterocycles. The minimum absolute atomic E-state index is 0.0237. The second kappa shape index (κ2) is 26.9. The van der Waals surface area contributed by atoms with Crippen LogP contribution in [-0.2, 0) is 9.59 Å². The maximum absolute atomic E-state index is 11.8. The van der Waals surface area contributed by atoms with E-state index in [1.165, 1.54) is 30.7 Å². The van der Waals surface area contributed by atoms with Crippen molar-refractivity contribution in [2.24, 2.45) is 0 Å². The summed E-state index contributed by atoms with van der Waals surface area (Å²) in [6.45, 7) is 2.88. The smallest absolute Gasteiger partial charge is 0.344 e. The predicted molar refractivity (Wildman–Crippen MR) is 280 cm³/mol. The first kappa shape index (κ1) is 55.7. The van der Waals surface area contributed by atoms with E-state index in [4.69, 9.17) is 30.3 Å².